The zero-order valence-electron chi connectivity index (χ0n) is 9.72. The van der Waals surface area contributed by atoms with Crippen molar-refractivity contribution < 1.29 is 13.5 Å². The summed E-state index contributed by atoms with van der Waals surface area (Å²) in [6.07, 6.45) is 2.60. The van der Waals surface area contributed by atoms with E-state index in [0.717, 1.165) is 17.7 Å². The predicted octanol–water partition coefficient (Wildman–Crippen LogP) is 1.50. The Hall–Kier alpha value is -0.430. The van der Waals surface area contributed by atoms with Crippen molar-refractivity contribution in [2.75, 3.05) is 6.61 Å². The van der Waals surface area contributed by atoms with Crippen LogP contribution in [0.15, 0.2) is 16.3 Å². The topological polar surface area (TPSA) is 66.4 Å². The first-order chi connectivity index (χ1) is 8.03. The van der Waals surface area contributed by atoms with Gasteiger partial charge in [0.2, 0.25) is 10.0 Å². The maximum absolute atomic E-state index is 12.1. The van der Waals surface area contributed by atoms with Gasteiger partial charge in [-0.05, 0) is 44.2 Å². The average Bonchev–Trinajstić information content (AvgIpc) is 3.00. The van der Waals surface area contributed by atoms with Crippen molar-refractivity contribution in [1.29, 1.82) is 0 Å². The van der Waals surface area contributed by atoms with Gasteiger partial charge in [0.15, 0.2) is 0 Å². The van der Waals surface area contributed by atoms with Gasteiger partial charge in [0.05, 0.1) is 0 Å². The Kier molecular flexibility index (Phi) is 3.87. The maximum Gasteiger partial charge on any atom is 0.250 e. The molecule has 2 N–H and O–H groups in total. The van der Waals surface area contributed by atoms with Gasteiger partial charge >= 0.3 is 0 Å². The number of aryl methyl sites for hydroxylation is 1. The summed E-state index contributed by atoms with van der Waals surface area (Å²) in [6, 6.07) is 3.32. The zero-order chi connectivity index (χ0) is 12.5. The maximum atomic E-state index is 12.1. The lowest BCUT2D eigenvalue weighted by Crippen LogP contribution is -2.36. The van der Waals surface area contributed by atoms with E-state index in [0.29, 0.717) is 16.5 Å². The molecule has 0 spiro atoms. The lowest BCUT2D eigenvalue weighted by Gasteiger charge is -2.16. The summed E-state index contributed by atoms with van der Waals surface area (Å²) in [7, 11) is -3.41. The minimum absolute atomic E-state index is 0.0210. The minimum atomic E-state index is -3.41. The molecule has 1 unspecified atom stereocenters. The van der Waals surface area contributed by atoms with E-state index in [2.05, 4.69) is 4.72 Å². The Morgan fingerprint density at radius 2 is 2.24 bits per heavy atom. The van der Waals surface area contributed by atoms with Gasteiger partial charge in [-0.1, -0.05) is 0 Å². The molecule has 17 heavy (non-hydrogen) atoms. The van der Waals surface area contributed by atoms with Crippen molar-refractivity contribution in [2.45, 2.75) is 36.4 Å². The molecular weight excluding hydrogens is 258 g/mol. The van der Waals surface area contributed by atoms with Crippen LogP contribution in [0.3, 0.4) is 0 Å². The van der Waals surface area contributed by atoms with Gasteiger partial charge in [-0.25, -0.2) is 13.1 Å². The van der Waals surface area contributed by atoms with Gasteiger partial charge < -0.3 is 5.11 Å². The molecule has 1 saturated carbocycles. The molecule has 1 heterocycles. The second kappa shape index (κ2) is 5.06. The summed E-state index contributed by atoms with van der Waals surface area (Å²) in [5, 5.41) is 8.95. The Balaban J connectivity index is 2.10. The van der Waals surface area contributed by atoms with E-state index in [-0.39, 0.29) is 12.6 Å². The number of hydrogen-bond acceptors (Lipinski definition) is 4. The van der Waals surface area contributed by atoms with Gasteiger partial charge in [-0.3, -0.25) is 0 Å². The first-order valence-corrected chi connectivity index (χ1v) is 8.02. The molecule has 2 rings (SSSR count). The van der Waals surface area contributed by atoms with Gasteiger partial charge in [-0.2, -0.15) is 0 Å². The summed E-state index contributed by atoms with van der Waals surface area (Å²) in [4.78, 5) is 0.982. The third-order valence-corrected chi connectivity index (χ3v) is 5.90. The normalized spacial score (nSPS) is 18.2. The molecule has 4 nitrogen and oxygen atoms in total. The standard InChI is InChI=1S/C11H17NO3S2/c1-8-2-5-11(16-8)17(14,15)12-10(6-7-13)9-3-4-9/h2,5,9-10,12-13H,3-4,6-7H2,1H3. The molecule has 1 fully saturated rings. The van der Waals surface area contributed by atoms with Crippen LogP contribution >= 0.6 is 11.3 Å². The molecule has 0 aromatic carbocycles. The largest absolute Gasteiger partial charge is 0.396 e. The van der Waals surface area contributed by atoms with Crippen LogP contribution in [0.2, 0.25) is 0 Å². The van der Waals surface area contributed by atoms with Crippen LogP contribution in [0, 0.1) is 12.8 Å². The molecule has 1 atom stereocenters. The number of aliphatic hydroxyl groups is 1. The highest BCUT2D eigenvalue weighted by Gasteiger charge is 2.34. The summed E-state index contributed by atoms with van der Waals surface area (Å²) >= 11 is 1.27. The Morgan fingerprint density at radius 1 is 1.53 bits per heavy atom. The molecule has 0 radical (unpaired) electrons. The summed E-state index contributed by atoms with van der Waals surface area (Å²) in [5.74, 6) is 0.401. The molecule has 0 amide bonds. The molecule has 0 saturated heterocycles. The van der Waals surface area contributed by atoms with Gasteiger partial charge in [0, 0.05) is 17.5 Å². The number of aliphatic hydroxyl groups excluding tert-OH is 1. The highest BCUT2D eigenvalue weighted by Crippen LogP contribution is 2.35. The highest BCUT2D eigenvalue weighted by atomic mass is 32.2. The van der Waals surface area contributed by atoms with E-state index in [9.17, 15) is 8.42 Å². The lowest BCUT2D eigenvalue weighted by molar-refractivity contribution is 0.265. The van der Waals surface area contributed by atoms with Crippen molar-refractivity contribution in [1.82, 2.24) is 4.72 Å². The molecule has 1 aromatic rings. The first kappa shape index (κ1) is 13.0. The molecule has 1 aliphatic carbocycles. The van der Waals surface area contributed by atoms with Crippen LogP contribution in [0.1, 0.15) is 24.1 Å². The first-order valence-electron chi connectivity index (χ1n) is 5.72. The summed E-state index contributed by atoms with van der Waals surface area (Å²) in [5.41, 5.74) is 0. The molecular formula is C11H17NO3S2. The number of sulfonamides is 1. The number of hydrogen-bond donors (Lipinski definition) is 2. The van der Waals surface area contributed by atoms with Crippen LogP contribution in [0.25, 0.3) is 0 Å². The second-order valence-corrected chi connectivity index (χ2v) is 7.67. The molecule has 1 aromatic heterocycles. The van der Waals surface area contributed by atoms with Crippen LogP contribution < -0.4 is 4.72 Å². The number of nitrogens with one attached hydrogen (secondary N) is 1. The average molecular weight is 275 g/mol. The van der Waals surface area contributed by atoms with E-state index in [1.165, 1.54) is 11.3 Å². The van der Waals surface area contributed by atoms with Gasteiger partial charge in [-0.15, -0.1) is 11.3 Å². The van der Waals surface area contributed by atoms with E-state index in [4.69, 9.17) is 5.11 Å². The number of thiophene rings is 1. The second-order valence-electron chi connectivity index (χ2n) is 4.44. The van der Waals surface area contributed by atoms with Crippen LogP contribution in [0.5, 0.6) is 0 Å². The molecule has 96 valence electrons. The third-order valence-electron chi connectivity index (χ3n) is 2.92. The smallest absolute Gasteiger partial charge is 0.250 e. The molecule has 6 heteroatoms. The highest BCUT2D eigenvalue weighted by molar-refractivity contribution is 7.91. The van der Waals surface area contributed by atoms with Crippen molar-refractivity contribution in [3.63, 3.8) is 0 Å². The fraction of sp³-hybridized carbons (Fsp3) is 0.636. The SMILES string of the molecule is Cc1ccc(S(=O)(=O)NC(CCO)C2CC2)s1. The Labute approximate surface area is 106 Å². The van der Waals surface area contributed by atoms with Crippen molar-refractivity contribution in [2.24, 2.45) is 5.92 Å². The zero-order valence-corrected chi connectivity index (χ0v) is 11.4. The van der Waals surface area contributed by atoms with E-state index in [1.54, 1.807) is 12.1 Å². The Morgan fingerprint density at radius 3 is 2.71 bits per heavy atom. The Bertz CT molecular complexity index is 477. The van der Waals surface area contributed by atoms with E-state index < -0.39 is 10.0 Å². The van der Waals surface area contributed by atoms with Gasteiger partial charge in [0.1, 0.15) is 4.21 Å². The summed E-state index contributed by atoms with van der Waals surface area (Å²) in [6.45, 7) is 1.91. The quantitative estimate of drug-likeness (QED) is 0.826. The van der Waals surface area contributed by atoms with Crippen molar-refractivity contribution >= 4 is 21.4 Å². The molecule has 1 aliphatic rings. The van der Waals surface area contributed by atoms with E-state index >= 15 is 0 Å². The molecule has 0 aliphatic heterocycles. The van der Waals surface area contributed by atoms with Crippen molar-refractivity contribution in [3.05, 3.63) is 17.0 Å². The van der Waals surface area contributed by atoms with Gasteiger partial charge in [0.25, 0.3) is 0 Å². The van der Waals surface area contributed by atoms with Crippen LogP contribution in [0.4, 0.5) is 0 Å². The summed E-state index contributed by atoms with van der Waals surface area (Å²) < 4.78 is 27.2. The van der Waals surface area contributed by atoms with Crippen molar-refractivity contribution in [3.8, 4) is 0 Å². The monoisotopic (exact) mass is 275 g/mol. The lowest BCUT2D eigenvalue weighted by atomic mass is 10.1. The third kappa shape index (κ3) is 3.28. The fourth-order valence-corrected chi connectivity index (χ4v) is 4.48. The molecule has 0 bridgehead atoms. The van der Waals surface area contributed by atoms with Crippen LogP contribution in [-0.4, -0.2) is 26.2 Å². The predicted molar refractivity (Wildman–Crippen MR) is 67.6 cm³/mol. The fourth-order valence-electron chi connectivity index (χ4n) is 1.84. The van der Waals surface area contributed by atoms with Crippen LogP contribution in [-0.2, 0) is 10.0 Å². The number of rotatable bonds is 6. The van der Waals surface area contributed by atoms with E-state index in [1.807, 2.05) is 6.92 Å². The minimum Gasteiger partial charge on any atom is -0.396 e.